The minimum atomic E-state index is -3.65. The fourth-order valence-electron chi connectivity index (χ4n) is 1.58. The molecule has 2 rings (SSSR count). The second kappa shape index (κ2) is 4.37. The van der Waals surface area contributed by atoms with Crippen molar-refractivity contribution in [3.05, 3.63) is 12.0 Å². The van der Waals surface area contributed by atoms with Gasteiger partial charge in [-0.25, -0.2) is 18.1 Å². The molecule has 0 aliphatic carbocycles. The van der Waals surface area contributed by atoms with Crippen LogP contribution in [0, 0.1) is 6.92 Å². The molecule has 1 aliphatic rings. The lowest BCUT2D eigenvalue weighted by Gasteiger charge is -2.20. The van der Waals surface area contributed by atoms with E-state index in [1.54, 1.807) is 6.92 Å². The molecule has 0 aromatic carbocycles. The summed E-state index contributed by atoms with van der Waals surface area (Å²) in [7, 11) is -3.65. The monoisotopic (exact) mass is 261 g/mol. The van der Waals surface area contributed by atoms with Crippen LogP contribution in [-0.4, -0.2) is 48.9 Å². The molecule has 0 spiro atoms. The van der Waals surface area contributed by atoms with E-state index >= 15 is 0 Å². The van der Waals surface area contributed by atoms with E-state index in [0.29, 0.717) is 18.9 Å². The minimum absolute atomic E-state index is 0.00230. The highest BCUT2D eigenvalue weighted by atomic mass is 32.2. The maximum atomic E-state index is 11.8. The molecule has 96 valence electrons. The number of H-pyrrole nitrogens is 1. The Hall–Kier alpha value is -0.960. The molecule has 0 radical (unpaired) electrons. The minimum Gasteiger partial charge on any atom is -0.386 e. The highest BCUT2D eigenvalue weighted by Crippen LogP contribution is 2.18. The van der Waals surface area contributed by atoms with Crippen molar-refractivity contribution in [2.75, 3.05) is 19.8 Å². The van der Waals surface area contributed by atoms with Gasteiger partial charge in [0.2, 0.25) is 0 Å². The fourth-order valence-corrected chi connectivity index (χ4v) is 2.67. The third-order valence-electron chi connectivity index (χ3n) is 2.64. The zero-order chi connectivity index (χ0) is 12.5. The van der Waals surface area contributed by atoms with Crippen molar-refractivity contribution in [1.82, 2.24) is 14.7 Å². The molecule has 1 fully saturated rings. The second-order valence-corrected chi connectivity index (χ2v) is 5.92. The highest BCUT2D eigenvalue weighted by Gasteiger charge is 2.33. The molecule has 17 heavy (non-hydrogen) atoms. The summed E-state index contributed by atoms with van der Waals surface area (Å²) < 4.78 is 31.0. The van der Waals surface area contributed by atoms with Crippen LogP contribution in [0.2, 0.25) is 0 Å². The number of hydrogen-bond acceptors (Lipinski definition) is 5. The van der Waals surface area contributed by atoms with Gasteiger partial charge in [-0.05, 0) is 6.92 Å². The number of aromatic nitrogens is 2. The summed E-state index contributed by atoms with van der Waals surface area (Å²) in [6, 6.07) is 0. The standard InChI is InChI=1S/C9H15N3O4S/c1-7-10-4-8(12-7)17(14,15)11-5-9(13)2-3-16-6-9/h4,11,13H,2-3,5-6H2,1H3,(H,10,12). The van der Waals surface area contributed by atoms with Crippen molar-refractivity contribution in [3.63, 3.8) is 0 Å². The molecule has 0 saturated carbocycles. The van der Waals surface area contributed by atoms with E-state index in [0.717, 1.165) is 0 Å². The Morgan fingerprint density at radius 3 is 3.00 bits per heavy atom. The topological polar surface area (TPSA) is 104 Å². The molecule has 1 saturated heterocycles. The number of aromatic amines is 1. The summed E-state index contributed by atoms with van der Waals surface area (Å²) in [4.78, 5) is 6.45. The van der Waals surface area contributed by atoms with E-state index in [1.165, 1.54) is 6.20 Å². The Bertz CT molecular complexity index is 490. The Kier molecular flexibility index (Phi) is 3.21. The van der Waals surface area contributed by atoms with Crippen LogP contribution in [0.4, 0.5) is 0 Å². The van der Waals surface area contributed by atoms with Gasteiger partial charge in [0.25, 0.3) is 10.0 Å². The van der Waals surface area contributed by atoms with Crippen LogP contribution < -0.4 is 4.72 Å². The maximum absolute atomic E-state index is 11.8. The van der Waals surface area contributed by atoms with Gasteiger partial charge in [0.05, 0.1) is 12.8 Å². The molecule has 7 nitrogen and oxygen atoms in total. The quantitative estimate of drug-likeness (QED) is 0.654. The summed E-state index contributed by atoms with van der Waals surface area (Å²) in [6.07, 6.45) is 1.67. The van der Waals surface area contributed by atoms with Crippen LogP contribution in [0.1, 0.15) is 12.2 Å². The predicted molar refractivity (Wildman–Crippen MR) is 58.9 cm³/mol. The number of ether oxygens (including phenoxy) is 1. The maximum Gasteiger partial charge on any atom is 0.257 e. The number of aryl methyl sites for hydroxylation is 1. The summed E-state index contributed by atoms with van der Waals surface area (Å²) in [5.41, 5.74) is -1.11. The van der Waals surface area contributed by atoms with Crippen LogP contribution in [-0.2, 0) is 14.8 Å². The molecular weight excluding hydrogens is 246 g/mol. The van der Waals surface area contributed by atoms with Crippen molar-refractivity contribution in [2.45, 2.75) is 24.0 Å². The zero-order valence-electron chi connectivity index (χ0n) is 9.43. The molecule has 1 aromatic heterocycles. The van der Waals surface area contributed by atoms with Crippen LogP contribution >= 0.6 is 0 Å². The summed E-state index contributed by atoms with van der Waals surface area (Å²) >= 11 is 0. The lowest BCUT2D eigenvalue weighted by molar-refractivity contribution is 0.0314. The van der Waals surface area contributed by atoms with Crippen molar-refractivity contribution in [2.24, 2.45) is 0 Å². The number of aliphatic hydroxyl groups is 1. The van der Waals surface area contributed by atoms with Gasteiger partial charge in [-0.2, -0.15) is 0 Å². The number of imidazole rings is 1. The third kappa shape index (κ3) is 2.83. The number of sulfonamides is 1. The van der Waals surface area contributed by atoms with Gasteiger partial charge in [0, 0.05) is 19.6 Å². The first kappa shape index (κ1) is 12.5. The first-order chi connectivity index (χ1) is 7.91. The average Bonchev–Trinajstić information content (AvgIpc) is 2.86. The van der Waals surface area contributed by atoms with Crippen LogP contribution in [0.3, 0.4) is 0 Å². The highest BCUT2D eigenvalue weighted by molar-refractivity contribution is 7.89. The van der Waals surface area contributed by atoms with Gasteiger partial charge < -0.3 is 14.8 Å². The molecular formula is C9H15N3O4S. The molecule has 1 aliphatic heterocycles. The number of hydrogen-bond donors (Lipinski definition) is 3. The average molecular weight is 261 g/mol. The van der Waals surface area contributed by atoms with E-state index in [9.17, 15) is 13.5 Å². The van der Waals surface area contributed by atoms with E-state index in [2.05, 4.69) is 14.7 Å². The van der Waals surface area contributed by atoms with Crippen LogP contribution in [0.15, 0.2) is 11.2 Å². The third-order valence-corrected chi connectivity index (χ3v) is 3.95. The summed E-state index contributed by atoms with van der Waals surface area (Å²) in [5, 5.41) is 9.93. The Labute approximate surface area is 99.3 Å². The number of nitrogens with zero attached hydrogens (tertiary/aromatic N) is 1. The molecule has 8 heteroatoms. The SMILES string of the molecule is Cc1ncc(S(=O)(=O)NCC2(O)CCOC2)[nH]1. The lowest BCUT2D eigenvalue weighted by Crippen LogP contribution is -2.43. The Morgan fingerprint density at radius 1 is 1.71 bits per heavy atom. The Morgan fingerprint density at radius 2 is 2.47 bits per heavy atom. The molecule has 0 bridgehead atoms. The van der Waals surface area contributed by atoms with E-state index in [4.69, 9.17) is 4.74 Å². The van der Waals surface area contributed by atoms with E-state index in [-0.39, 0.29) is 18.2 Å². The first-order valence-corrected chi connectivity index (χ1v) is 6.71. The van der Waals surface area contributed by atoms with Gasteiger partial charge >= 0.3 is 0 Å². The molecule has 1 aromatic rings. The summed E-state index contributed by atoms with van der Waals surface area (Å²) in [6.45, 7) is 2.20. The normalized spacial score (nSPS) is 25.3. The fraction of sp³-hybridized carbons (Fsp3) is 0.667. The van der Waals surface area contributed by atoms with Gasteiger partial charge in [0.15, 0.2) is 5.03 Å². The van der Waals surface area contributed by atoms with Crippen molar-refractivity contribution < 1.29 is 18.3 Å². The zero-order valence-corrected chi connectivity index (χ0v) is 10.2. The van der Waals surface area contributed by atoms with Gasteiger partial charge in [0.1, 0.15) is 11.4 Å². The predicted octanol–water partition coefficient (Wildman–Crippen LogP) is -0.852. The van der Waals surface area contributed by atoms with Crippen molar-refractivity contribution in [3.8, 4) is 0 Å². The van der Waals surface area contributed by atoms with E-state index in [1.807, 2.05) is 0 Å². The Balaban J connectivity index is 2.03. The summed E-state index contributed by atoms with van der Waals surface area (Å²) in [5.74, 6) is 0.522. The van der Waals surface area contributed by atoms with Crippen molar-refractivity contribution in [1.29, 1.82) is 0 Å². The van der Waals surface area contributed by atoms with Gasteiger partial charge in [-0.15, -0.1) is 0 Å². The largest absolute Gasteiger partial charge is 0.386 e. The first-order valence-electron chi connectivity index (χ1n) is 5.23. The molecule has 0 amide bonds. The second-order valence-electron chi connectivity index (χ2n) is 4.18. The molecule has 2 heterocycles. The number of rotatable bonds is 4. The van der Waals surface area contributed by atoms with Crippen molar-refractivity contribution >= 4 is 10.0 Å². The van der Waals surface area contributed by atoms with Crippen LogP contribution in [0.5, 0.6) is 0 Å². The lowest BCUT2D eigenvalue weighted by atomic mass is 10.1. The smallest absolute Gasteiger partial charge is 0.257 e. The number of nitrogens with one attached hydrogen (secondary N) is 2. The van der Waals surface area contributed by atoms with Gasteiger partial charge in [-0.3, -0.25) is 0 Å². The molecule has 3 N–H and O–H groups in total. The van der Waals surface area contributed by atoms with Crippen LogP contribution in [0.25, 0.3) is 0 Å². The molecule has 1 atom stereocenters. The molecule has 1 unspecified atom stereocenters. The van der Waals surface area contributed by atoms with Gasteiger partial charge in [-0.1, -0.05) is 0 Å². The van der Waals surface area contributed by atoms with E-state index < -0.39 is 15.6 Å².